The highest BCUT2D eigenvalue weighted by Gasteiger charge is 2.34. The molecule has 4 rings (SSSR count). The fourth-order valence-electron chi connectivity index (χ4n) is 3.85. The van der Waals surface area contributed by atoms with E-state index in [4.69, 9.17) is 21.4 Å². The standard InChI is InChI=1S/C21H19BrClFN4O5S/c1-27(18-3-2-4-19-14(18)10-26-28(19)11-20(29)30)34(31,32)13-8-15(22)21(25-9-13)33-12-5-6-16(23)17(24)7-12/h5-10,18H,2-4,11H2,1H3,(H,29,30)/t18-/m1/s1. The minimum absolute atomic E-state index is 0.0526. The molecule has 1 atom stereocenters. The molecule has 0 saturated heterocycles. The lowest BCUT2D eigenvalue weighted by Gasteiger charge is -2.30. The van der Waals surface area contributed by atoms with Crippen LogP contribution in [-0.4, -0.2) is 45.6 Å². The summed E-state index contributed by atoms with van der Waals surface area (Å²) in [6.07, 6.45) is 4.58. The number of benzene rings is 1. The molecule has 9 nitrogen and oxygen atoms in total. The summed E-state index contributed by atoms with van der Waals surface area (Å²) in [5.41, 5.74) is 1.41. The number of ether oxygens (including phenoxy) is 1. The molecule has 1 aliphatic rings. The molecule has 2 heterocycles. The molecule has 1 N–H and O–H groups in total. The van der Waals surface area contributed by atoms with Gasteiger partial charge in [0.25, 0.3) is 0 Å². The van der Waals surface area contributed by atoms with Gasteiger partial charge in [-0.25, -0.2) is 17.8 Å². The van der Waals surface area contributed by atoms with Gasteiger partial charge >= 0.3 is 5.97 Å². The number of hydrogen-bond donors (Lipinski definition) is 1. The number of aromatic nitrogens is 3. The molecule has 2 aromatic heterocycles. The SMILES string of the molecule is CN([C@@H]1CCCc2c1cnn2CC(=O)O)S(=O)(=O)c1cnc(Oc2ccc(Cl)c(F)c2)c(Br)c1. The number of halogens is 3. The van der Waals surface area contributed by atoms with Crippen LogP contribution in [0.4, 0.5) is 4.39 Å². The van der Waals surface area contributed by atoms with Gasteiger partial charge < -0.3 is 9.84 Å². The van der Waals surface area contributed by atoms with E-state index in [9.17, 15) is 17.6 Å². The van der Waals surface area contributed by atoms with E-state index in [0.717, 1.165) is 18.0 Å². The molecule has 0 saturated carbocycles. The van der Waals surface area contributed by atoms with Crippen molar-refractivity contribution in [2.24, 2.45) is 0 Å². The van der Waals surface area contributed by atoms with Crippen LogP contribution < -0.4 is 4.74 Å². The number of carboxylic acids is 1. The van der Waals surface area contributed by atoms with Gasteiger partial charge in [0.05, 0.1) is 27.9 Å². The number of aliphatic carboxylic acids is 1. The van der Waals surface area contributed by atoms with Gasteiger partial charge in [0, 0.05) is 24.4 Å². The molecule has 13 heteroatoms. The molecular formula is C21H19BrClFN4O5S. The van der Waals surface area contributed by atoms with Crippen molar-refractivity contribution in [3.05, 3.63) is 63.2 Å². The minimum Gasteiger partial charge on any atom is -0.480 e. The van der Waals surface area contributed by atoms with E-state index in [1.807, 2.05) is 0 Å². The molecule has 0 amide bonds. The van der Waals surface area contributed by atoms with E-state index in [1.54, 1.807) is 0 Å². The van der Waals surface area contributed by atoms with Crippen LogP contribution in [0, 0.1) is 5.82 Å². The summed E-state index contributed by atoms with van der Waals surface area (Å²) in [6, 6.07) is 4.76. The van der Waals surface area contributed by atoms with Gasteiger partial charge in [-0.3, -0.25) is 9.48 Å². The van der Waals surface area contributed by atoms with E-state index < -0.39 is 27.9 Å². The van der Waals surface area contributed by atoms with Crippen LogP contribution in [0.1, 0.15) is 30.1 Å². The Balaban J connectivity index is 1.59. The molecule has 0 aliphatic heterocycles. The lowest BCUT2D eigenvalue weighted by atomic mass is 9.93. The van der Waals surface area contributed by atoms with E-state index >= 15 is 0 Å². The minimum atomic E-state index is -3.97. The third-order valence-electron chi connectivity index (χ3n) is 5.52. The average molecular weight is 574 g/mol. The molecule has 0 fully saturated rings. The van der Waals surface area contributed by atoms with Gasteiger partial charge in [-0.1, -0.05) is 11.6 Å². The zero-order valence-corrected chi connectivity index (χ0v) is 20.9. The summed E-state index contributed by atoms with van der Waals surface area (Å²) in [4.78, 5) is 15.1. The fourth-order valence-corrected chi connectivity index (χ4v) is 5.89. The zero-order valence-electron chi connectivity index (χ0n) is 17.8. The first-order valence-electron chi connectivity index (χ1n) is 10.1. The van der Waals surface area contributed by atoms with E-state index in [2.05, 4.69) is 26.0 Å². The highest BCUT2D eigenvalue weighted by Crippen LogP contribution is 2.37. The number of fused-ring (bicyclic) bond motifs is 1. The predicted molar refractivity (Wildman–Crippen MR) is 124 cm³/mol. The number of carboxylic acid groups (broad SMARTS) is 1. The summed E-state index contributed by atoms with van der Waals surface area (Å²) in [6.45, 7) is -0.283. The average Bonchev–Trinajstić information content (AvgIpc) is 3.19. The molecule has 3 aromatic rings. The van der Waals surface area contributed by atoms with Crippen molar-refractivity contribution in [2.45, 2.75) is 36.7 Å². The summed E-state index contributed by atoms with van der Waals surface area (Å²) in [5, 5.41) is 13.2. The summed E-state index contributed by atoms with van der Waals surface area (Å²) < 4.78 is 48.9. The quantitative estimate of drug-likeness (QED) is 0.445. The van der Waals surface area contributed by atoms with Gasteiger partial charge in [-0.05, 0) is 53.4 Å². The summed E-state index contributed by atoms with van der Waals surface area (Å²) in [7, 11) is -2.49. The number of sulfonamides is 1. The van der Waals surface area contributed by atoms with E-state index in [0.29, 0.717) is 24.8 Å². The Bertz CT molecular complexity index is 1370. The smallest absolute Gasteiger partial charge is 0.325 e. The lowest BCUT2D eigenvalue weighted by Crippen LogP contribution is -2.33. The van der Waals surface area contributed by atoms with Crippen LogP contribution in [0.25, 0.3) is 0 Å². The maximum absolute atomic E-state index is 13.7. The van der Waals surface area contributed by atoms with Crippen molar-refractivity contribution in [1.29, 1.82) is 0 Å². The third kappa shape index (κ3) is 4.81. The van der Waals surface area contributed by atoms with E-state index in [1.165, 1.54) is 40.4 Å². The molecule has 0 unspecified atom stereocenters. The molecule has 0 spiro atoms. The normalized spacial score (nSPS) is 15.9. The zero-order chi connectivity index (χ0) is 24.6. The Hall–Kier alpha value is -2.54. The van der Waals surface area contributed by atoms with Gasteiger partial charge in [-0.15, -0.1) is 0 Å². The largest absolute Gasteiger partial charge is 0.480 e. The van der Waals surface area contributed by atoms with Crippen LogP contribution in [0.15, 0.2) is 46.0 Å². The Kier molecular flexibility index (Phi) is 6.94. The Morgan fingerprint density at radius 2 is 2.15 bits per heavy atom. The Morgan fingerprint density at radius 3 is 2.82 bits per heavy atom. The van der Waals surface area contributed by atoms with Gasteiger partial charge in [0.2, 0.25) is 15.9 Å². The molecule has 1 aliphatic carbocycles. The molecule has 34 heavy (non-hydrogen) atoms. The highest BCUT2D eigenvalue weighted by molar-refractivity contribution is 9.10. The van der Waals surface area contributed by atoms with Crippen LogP contribution in [0.2, 0.25) is 5.02 Å². The number of rotatable bonds is 7. The highest BCUT2D eigenvalue weighted by atomic mass is 79.9. The van der Waals surface area contributed by atoms with Gasteiger partial charge in [0.15, 0.2) is 0 Å². The van der Waals surface area contributed by atoms with Crippen LogP contribution >= 0.6 is 27.5 Å². The van der Waals surface area contributed by atoms with Crippen molar-refractivity contribution < 1.29 is 27.4 Å². The monoisotopic (exact) mass is 572 g/mol. The van der Waals surface area contributed by atoms with Crippen LogP contribution in [0.5, 0.6) is 11.6 Å². The number of nitrogens with zero attached hydrogens (tertiary/aromatic N) is 4. The number of carbonyl (C=O) groups is 1. The van der Waals surface area contributed by atoms with Crippen LogP contribution in [0.3, 0.4) is 0 Å². The van der Waals surface area contributed by atoms with Gasteiger partial charge in [-0.2, -0.15) is 9.40 Å². The molecule has 180 valence electrons. The van der Waals surface area contributed by atoms with Crippen molar-refractivity contribution in [3.8, 4) is 11.6 Å². The first-order chi connectivity index (χ1) is 16.1. The van der Waals surface area contributed by atoms with Crippen molar-refractivity contribution in [2.75, 3.05) is 7.05 Å². The predicted octanol–water partition coefficient (Wildman–Crippen LogP) is 4.41. The second-order valence-corrected chi connectivity index (χ2v) is 10.9. The Morgan fingerprint density at radius 1 is 1.38 bits per heavy atom. The second kappa shape index (κ2) is 9.61. The Labute approximate surface area is 208 Å². The first-order valence-corrected chi connectivity index (χ1v) is 12.7. The maximum atomic E-state index is 13.7. The molecule has 0 bridgehead atoms. The van der Waals surface area contributed by atoms with Crippen molar-refractivity contribution in [1.82, 2.24) is 19.1 Å². The van der Waals surface area contributed by atoms with Crippen molar-refractivity contribution >= 4 is 43.5 Å². The maximum Gasteiger partial charge on any atom is 0.325 e. The third-order valence-corrected chi connectivity index (χ3v) is 8.23. The first kappa shape index (κ1) is 24.6. The summed E-state index contributed by atoms with van der Waals surface area (Å²) >= 11 is 8.94. The second-order valence-electron chi connectivity index (χ2n) is 7.66. The lowest BCUT2D eigenvalue weighted by molar-refractivity contribution is -0.137. The van der Waals surface area contributed by atoms with Crippen LogP contribution in [-0.2, 0) is 27.8 Å². The molecule has 0 radical (unpaired) electrons. The number of hydrogen-bond acceptors (Lipinski definition) is 6. The van der Waals surface area contributed by atoms with E-state index in [-0.39, 0.29) is 32.6 Å². The van der Waals surface area contributed by atoms with Gasteiger partial charge in [0.1, 0.15) is 23.0 Å². The molecule has 1 aromatic carbocycles. The topological polar surface area (TPSA) is 115 Å². The number of pyridine rings is 1. The van der Waals surface area contributed by atoms with Crippen molar-refractivity contribution in [3.63, 3.8) is 0 Å². The molecular weight excluding hydrogens is 555 g/mol. The summed E-state index contributed by atoms with van der Waals surface area (Å²) in [5.74, 6) is -1.47. The fraction of sp³-hybridized carbons (Fsp3) is 0.286.